The smallest absolute Gasteiger partial charge is 0.325 e. The van der Waals surface area contributed by atoms with Gasteiger partial charge in [-0.05, 0) is 49.2 Å². The van der Waals surface area contributed by atoms with E-state index in [1.807, 2.05) is 0 Å². The summed E-state index contributed by atoms with van der Waals surface area (Å²) in [5.74, 6) is -0.273. The lowest BCUT2D eigenvalue weighted by atomic mass is 9.91. The van der Waals surface area contributed by atoms with Gasteiger partial charge in [0.1, 0.15) is 17.9 Å². The van der Waals surface area contributed by atoms with Gasteiger partial charge in [-0.25, -0.2) is 9.18 Å². The molecule has 0 aromatic heterocycles. The summed E-state index contributed by atoms with van der Waals surface area (Å²) < 4.78 is 23.8. The zero-order valence-corrected chi connectivity index (χ0v) is 17.3. The zero-order chi connectivity index (χ0) is 22.3. The van der Waals surface area contributed by atoms with E-state index < -0.39 is 29.9 Å². The number of nitrogens with zero attached hydrogens (tertiary/aromatic N) is 2. The zero-order valence-electron chi connectivity index (χ0n) is 17.3. The Labute approximate surface area is 178 Å². The third kappa shape index (κ3) is 3.56. The number of nitrogens with one attached hydrogen (secondary N) is 1. The van der Waals surface area contributed by atoms with E-state index in [1.165, 1.54) is 17.0 Å². The van der Waals surface area contributed by atoms with E-state index >= 15 is 0 Å². The van der Waals surface area contributed by atoms with Crippen LogP contribution < -0.4 is 14.8 Å². The summed E-state index contributed by atoms with van der Waals surface area (Å²) in [6.45, 7) is 3.05. The van der Waals surface area contributed by atoms with Gasteiger partial charge in [0, 0.05) is 7.05 Å². The fourth-order valence-corrected chi connectivity index (χ4v) is 3.67. The van der Waals surface area contributed by atoms with Crippen molar-refractivity contribution in [3.63, 3.8) is 0 Å². The van der Waals surface area contributed by atoms with Crippen molar-refractivity contribution in [2.45, 2.75) is 25.4 Å². The molecule has 2 atom stereocenters. The van der Waals surface area contributed by atoms with Gasteiger partial charge in [-0.2, -0.15) is 0 Å². The molecule has 0 bridgehead atoms. The van der Waals surface area contributed by atoms with Gasteiger partial charge in [0.25, 0.3) is 5.91 Å². The van der Waals surface area contributed by atoms with Crippen molar-refractivity contribution in [1.82, 2.24) is 15.1 Å². The topological polar surface area (TPSA) is 88.2 Å². The number of carbonyl (C=O) groups is 3. The maximum Gasteiger partial charge on any atom is 0.325 e. The van der Waals surface area contributed by atoms with Crippen molar-refractivity contribution < 1.29 is 28.2 Å². The number of rotatable bonds is 5. The van der Waals surface area contributed by atoms with Crippen LogP contribution in [0.25, 0.3) is 0 Å². The first-order chi connectivity index (χ1) is 14.7. The molecule has 8 nitrogen and oxygen atoms in total. The van der Waals surface area contributed by atoms with Crippen LogP contribution in [-0.2, 0) is 15.1 Å². The molecule has 31 heavy (non-hydrogen) atoms. The van der Waals surface area contributed by atoms with Crippen molar-refractivity contribution in [3.05, 3.63) is 59.4 Å². The van der Waals surface area contributed by atoms with E-state index in [1.54, 1.807) is 51.2 Å². The number of benzene rings is 2. The lowest BCUT2D eigenvalue weighted by Gasteiger charge is -2.27. The molecule has 2 aliphatic heterocycles. The lowest BCUT2D eigenvalue weighted by molar-refractivity contribution is -0.139. The highest BCUT2D eigenvalue weighted by Crippen LogP contribution is 2.37. The van der Waals surface area contributed by atoms with Crippen LogP contribution >= 0.6 is 0 Å². The third-order valence-electron chi connectivity index (χ3n) is 5.85. The molecule has 1 N–H and O–H groups in total. The Morgan fingerprint density at radius 1 is 1.19 bits per heavy atom. The first kappa shape index (κ1) is 20.6. The van der Waals surface area contributed by atoms with Crippen molar-refractivity contribution in [2.75, 3.05) is 20.4 Å². The Morgan fingerprint density at radius 2 is 1.87 bits per heavy atom. The fourth-order valence-electron chi connectivity index (χ4n) is 3.67. The average Bonchev–Trinajstić information content (AvgIpc) is 3.31. The molecular weight excluding hydrogens is 405 g/mol. The van der Waals surface area contributed by atoms with Crippen LogP contribution in [0.15, 0.2) is 42.5 Å². The highest BCUT2D eigenvalue weighted by molar-refractivity contribution is 6.09. The summed E-state index contributed by atoms with van der Waals surface area (Å²) in [5.41, 5.74) is -0.0721. The molecule has 0 aliphatic carbocycles. The highest BCUT2D eigenvalue weighted by Gasteiger charge is 2.50. The molecule has 0 saturated carbocycles. The van der Waals surface area contributed by atoms with Gasteiger partial charge in [0.2, 0.25) is 12.7 Å². The van der Waals surface area contributed by atoms with Gasteiger partial charge < -0.3 is 19.7 Å². The Hall–Kier alpha value is -3.62. The summed E-state index contributed by atoms with van der Waals surface area (Å²) in [7, 11) is 1.58. The molecule has 0 radical (unpaired) electrons. The molecule has 2 aliphatic rings. The van der Waals surface area contributed by atoms with E-state index in [9.17, 15) is 18.8 Å². The average molecular weight is 427 g/mol. The van der Waals surface area contributed by atoms with Gasteiger partial charge in [0.05, 0.1) is 6.04 Å². The van der Waals surface area contributed by atoms with Crippen molar-refractivity contribution in [2.24, 2.45) is 0 Å². The number of urea groups is 1. The molecule has 2 heterocycles. The monoisotopic (exact) mass is 427 g/mol. The van der Waals surface area contributed by atoms with Gasteiger partial charge in [-0.15, -0.1) is 0 Å². The Bertz CT molecular complexity index is 1060. The minimum Gasteiger partial charge on any atom is -0.454 e. The number of hydrogen-bond acceptors (Lipinski definition) is 5. The fraction of sp³-hybridized carbons (Fsp3) is 0.318. The van der Waals surface area contributed by atoms with Gasteiger partial charge in [-0.1, -0.05) is 18.2 Å². The van der Waals surface area contributed by atoms with E-state index in [0.717, 1.165) is 10.5 Å². The number of hydrogen-bond donors (Lipinski definition) is 1. The number of halogens is 1. The number of fused-ring (bicyclic) bond motifs is 1. The quantitative estimate of drug-likeness (QED) is 0.741. The van der Waals surface area contributed by atoms with Gasteiger partial charge in [-0.3, -0.25) is 14.5 Å². The SMILES string of the molecule is CC(c1ccc(F)cc1)N(C)C(=O)CN1C(=O)NC(C)(c2ccc3c(c2)OCO3)C1=O. The third-order valence-corrected chi connectivity index (χ3v) is 5.85. The minimum absolute atomic E-state index is 0.0923. The molecule has 1 fully saturated rings. The second-order valence-corrected chi connectivity index (χ2v) is 7.75. The molecule has 1 saturated heterocycles. The van der Waals surface area contributed by atoms with Crippen LogP contribution in [0.5, 0.6) is 11.5 Å². The van der Waals surface area contributed by atoms with Crippen LogP contribution in [-0.4, -0.2) is 48.0 Å². The number of ether oxygens (including phenoxy) is 2. The predicted molar refractivity (Wildman–Crippen MR) is 108 cm³/mol. The predicted octanol–water partition coefficient (Wildman–Crippen LogP) is 2.54. The Morgan fingerprint density at radius 3 is 2.58 bits per heavy atom. The molecule has 2 aromatic rings. The minimum atomic E-state index is -1.33. The van der Waals surface area contributed by atoms with E-state index in [4.69, 9.17) is 9.47 Å². The number of imide groups is 1. The maximum absolute atomic E-state index is 13.2. The molecule has 162 valence electrons. The molecule has 4 amide bonds. The molecular formula is C22H22FN3O5. The van der Waals surface area contributed by atoms with Gasteiger partial charge >= 0.3 is 6.03 Å². The summed E-state index contributed by atoms with van der Waals surface area (Å²) in [4.78, 5) is 40.8. The number of amides is 4. The van der Waals surface area contributed by atoms with Crippen LogP contribution in [0, 0.1) is 5.82 Å². The molecule has 9 heteroatoms. The van der Waals surface area contributed by atoms with Crippen molar-refractivity contribution in [1.29, 1.82) is 0 Å². The Balaban J connectivity index is 1.50. The lowest BCUT2D eigenvalue weighted by Crippen LogP contribution is -2.44. The normalized spacial score (nSPS) is 20.6. The maximum atomic E-state index is 13.2. The van der Waals surface area contributed by atoms with Crippen molar-refractivity contribution >= 4 is 17.8 Å². The number of carbonyl (C=O) groups excluding carboxylic acids is 3. The van der Waals surface area contributed by atoms with E-state index in [0.29, 0.717) is 17.1 Å². The van der Waals surface area contributed by atoms with Crippen molar-refractivity contribution in [3.8, 4) is 11.5 Å². The molecule has 2 unspecified atom stereocenters. The highest BCUT2D eigenvalue weighted by atomic mass is 19.1. The van der Waals surface area contributed by atoms with E-state index in [-0.39, 0.29) is 18.7 Å². The molecule has 4 rings (SSSR count). The van der Waals surface area contributed by atoms with Crippen LogP contribution in [0.4, 0.5) is 9.18 Å². The summed E-state index contributed by atoms with van der Waals surface area (Å²) in [6.07, 6.45) is 0. The van der Waals surface area contributed by atoms with Crippen LogP contribution in [0.1, 0.15) is 31.0 Å². The summed E-state index contributed by atoms with van der Waals surface area (Å²) in [6, 6.07) is 9.80. The standard InChI is InChI=1S/C22H22FN3O5/c1-13(14-4-7-16(23)8-5-14)25(3)19(27)11-26-20(28)22(2,24-21(26)29)15-6-9-17-18(10-15)31-12-30-17/h4-10,13H,11-12H2,1-3H3,(H,24,29). The second-order valence-electron chi connectivity index (χ2n) is 7.75. The molecule has 0 spiro atoms. The largest absolute Gasteiger partial charge is 0.454 e. The van der Waals surface area contributed by atoms with Crippen LogP contribution in [0.2, 0.25) is 0 Å². The Kier molecular flexibility index (Phi) is 5.04. The van der Waals surface area contributed by atoms with Crippen LogP contribution in [0.3, 0.4) is 0 Å². The van der Waals surface area contributed by atoms with Gasteiger partial charge in [0.15, 0.2) is 11.5 Å². The summed E-state index contributed by atoms with van der Waals surface area (Å²) in [5, 5.41) is 2.68. The molecule has 2 aromatic carbocycles. The van der Waals surface area contributed by atoms with E-state index in [2.05, 4.69) is 5.32 Å². The number of likely N-dealkylation sites (N-methyl/N-ethyl adjacent to an activating group) is 1. The first-order valence-electron chi connectivity index (χ1n) is 9.76. The first-order valence-corrected chi connectivity index (χ1v) is 9.76. The summed E-state index contributed by atoms with van der Waals surface area (Å²) >= 11 is 0. The second kappa shape index (κ2) is 7.57.